The minimum Gasteiger partial charge on any atom is -0.478 e. The molecule has 1 fully saturated rings. The lowest BCUT2D eigenvalue weighted by Crippen LogP contribution is -2.36. The number of likely N-dealkylation sites (tertiary alicyclic amines) is 1. The standard InChI is InChI=1S/C10H12N2O2/c13-10(14)9-6-11-3-2-8(9)7-12-4-1-5-12/h2-3,6H,1,4-5,7H2,(H,13,14). The highest BCUT2D eigenvalue weighted by Crippen LogP contribution is 2.14. The van der Waals surface area contributed by atoms with E-state index in [1.54, 1.807) is 12.3 Å². The van der Waals surface area contributed by atoms with Crippen molar-refractivity contribution in [2.24, 2.45) is 0 Å². The molecule has 0 atom stereocenters. The monoisotopic (exact) mass is 192 g/mol. The molecule has 4 nitrogen and oxygen atoms in total. The van der Waals surface area contributed by atoms with Crippen LogP contribution < -0.4 is 0 Å². The van der Waals surface area contributed by atoms with Crippen molar-refractivity contribution < 1.29 is 9.90 Å². The SMILES string of the molecule is O=C(O)c1cnccc1CN1CCC1. The van der Waals surface area contributed by atoms with E-state index in [4.69, 9.17) is 5.11 Å². The third kappa shape index (κ3) is 1.75. The number of aromatic nitrogens is 1. The molecular weight excluding hydrogens is 180 g/mol. The Morgan fingerprint density at radius 3 is 2.93 bits per heavy atom. The van der Waals surface area contributed by atoms with Crippen LogP contribution in [0.1, 0.15) is 22.3 Å². The lowest BCUT2D eigenvalue weighted by Gasteiger charge is -2.30. The summed E-state index contributed by atoms with van der Waals surface area (Å²) in [6, 6.07) is 1.78. The molecule has 0 bridgehead atoms. The second-order valence-electron chi connectivity index (χ2n) is 3.47. The Hall–Kier alpha value is -1.42. The maximum absolute atomic E-state index is 10.9. The zero-order valence-corrected chi connectivity index (χ0v) is 7.81. The van der Waals surface area contributed by atoms with Gasteiger partial charge in [0.05, 0.1) is 5.56 Å². The first kappa shape index (κ1) is 9.15. The lowest BCUT2D eigenvalue weighted by atomic mass is 10.1. The normalized spacial score (nSPS) is 16.3. The molecule has 1 aliphatic rings. The summed E-state index contributed by atoms with van der Waals surface area (Å²) in [7, 11) is 0. The Balaban J connectivity index is 2.17. The van der Waals surface area contributed by atoms with Crippen LogP contribution in [0.2, 0.25) is 0 Å². The van der Waals surface area contributed by atoms with Crippen molar-refractivity contribution in [3.8, 4) is 0 Å². The molecule has 2 heterocycles. The van der Waals surface area contributed by atoms with E-state index in [0.29, 0.717) is 5.56 Å². The van der Waals surface area contributed by atoms with E-state index in [0.717, 1.165) is 25.2 Å². The van der Waals surface area contributed by atoms with Gasteiger partial charge in [-0.2, -0.15) is 0 Å². The molecule has 0 radical (unpaired) electrons. The van der Waals surface area contributed by atoms with E-state index in [-0.39, 0.29) is 0 Å². The third-order valence-corrected chi connectivity index (χ3v) is 2.48. The summed E-state index contributed by atoms with van der Waals surface area (Å²) >= 11 is 0. The molecule has 2 rings (SSSR count). The quantitative estimate of drug-likeness (QED) is 0.775. The summed E-state index contributed by atoms with van der Waals surface area (Å²) in [5.41, 5.74) is 1.17. The predicted molar refractivity (Wildman–Crippen MR) is 51.1 cm³/mol. The molecule has 1 aromatic rings. The van der Waals surface area contributed by atoms with Crippen LogP contribution in [-0.4, -0.2) is 34.0 Å². The van der Waals surface area contributed by atoms with Crippen LogP contribution in [0.5, 0.6) is 0 Å². The maximum Gasteiger partial charge on any atom is 0.337 e. The molecule has 74 valence electrons. The fourth-order valence-corrected chi connectivity index (χ4v) is 1.53. The van der Waals surface area contributed by atoms with Crippen LogP contribution in [0.15, 0.2) is 18.5 Å². The van der Waals surface area contributed by atoms with Gasteiger partial charge in [-0.25, -0.2) is 4.79 Å². The summed E-state index contributed by atoms with van der Waals surface area (Å²) in [5.74, 6) is -0.895. The molecular formula is C10H12N2O2. The van der Waals surface area contributed by atoms with Crippen molar-refractivity contribution in [3.63, 3.8) is 0 Å². The van der Waals surface area contributed by atoms with E-state index in [2.05, 4.69) is 9.88 Å². The molecule has 0 amide bonds. The van der Waals surface area contributed by atoms with Gasteiger partial charge in [0.15, 0.2) is 0 Å². The Kier molecular flexibility index (Phi) is 2.45. The van der Waals surface area contributed by atoms with Crippen LogP contribution in [-0.2, 0) is 6.54 Å². The Bertz CT molecular complexity index is 348. The topological polar surface area (TPSA) is 53.4 Å². The van der Waals surface area contributed by atoms with Crippen molar-refractivity contribution in [2.45, 2.75) is 13.0 Å². The van der Waals surface area contributed by atoms with E-state index < -0.39 is 5.97 Å². The Labute approximate surface area is 82.2 Å². The van der Waals surface area contributed by atoms with Gasteiger partial charge in [0.2, 0.25) is 0 Å². The number of nitrogens with zero attached hydrogens (tertiary/aromatic N) is 2. The van der Waals surface area contributed by atoms with Gasteiger partial charge in [0.1, 0.15) is 0 Å². The maximum atomic E-state index is 10.9. The summed E-state index contributed by atoms with van der Waals surface area (Å²) in [6.45, 7) is 2.87. The van der Waals surface area contributed by atoms with Gasteiger partial charge < -0.3 is 5.11 Å². The smallest absolute Gasteiger partial charge is 0.337 e. The van der Waals surface area contributed by atoms with Gasteiger partial charge >= 0.3 is 5.97 Å². The van der Waals surface area contributed by atoms with Crippen molar-refractivity contribution in [1.82, 2.24) is 9.88 Å². The molecule has 0 aromatic carbocycles. The number of rotatable bonds is 3. The Morgan fingerprint density at radius 2 is 2.36 bits per heavy atom. The van der Waals surface area contributed by atoms with E-state index in [1.165, 1.54) is 12.6 Å². The predicted octanol–water partition coefficient (Wildman–Crippen LogP) is 0.986. The number of hydrogen-bond donors (Lipinski definition) is 1. The molecule has 0 aliphatic carbocycles. The van der Waals surface area contributed by atoms with Crippen LogP contribution in [0.4, 0.5) is 0 Å². The molecule has 1 aromatic heterocycles. The van der Waals surface area contributed by atoms with Gasteiger partial charge in [0.25, 0.3) is 0 Å². The highest BCUT2D eigenvalue weighted by atomic mass is 16.4. The lowest BCUT2D eigenvalue weighted by molar-refractivity contribution is 0.0692. The number of pyridine rings is 1. The molecule has 1 saturated heterocycles. The van der Waals surface area contributed by atoms with Gasteiger partial charge in [0, 0.05) is 18.9 Å². The average molecular weight is 192 g/mol. The summed E-state index contributed by atoms with van der Waals surface area (Å²) in [6.07, 6.45) is 4.27. The molecule has 4 heteroatoms. The number of carbonyl (C=O) groups is 1. The van der Waals surface area contributed by atoms with Gasteiger partial charge in [-0.3, -0.25) is 9.88 Å². The third-order valence-electron chi connectivity index (χ3n) is 2.48. The molecule has 0 spiro atoms. The van der Waals surface area contributed by atoms with Crippen LogP contribution in [0, 0.1) is 0 Å². The van der Waals surface area contributed by atoms with Crippen molar-refractivity contribution in [1.29, 1.82) is 0 Å². The highest BCUT2D eigenvalue weighted by molar-refractivity contribution is 5.88. The van der Waals surface area contributed by atoms with E-state index in [1.807, 2.05) is 0 Å². The Morgan fingerprint density at radius 1 is 1.57 bits per heavy atom. The number of carboxylic acid groups (broad SMARTS) is 1. The van der Waals surface area contributed by atoms with E-state index in [9.17, 15) is 4.79 Å². The second-order valence-corrected chi connectivity index (χ2v) is 3.47. The van der Waals surface area contributed by atoms with Crippen LogP contribution in [0.3, 0.4) is 0 Å². The largest absolute Gasteiger partial charge is 0.478 e. The van der Waals surface area contributed by atoms with Crippen molar-refractivity contribution >= 4 is 5.97 Å². The zero-order valence-electron chi connectivity index (χ0n) is 7.81. The molecule has 0 unspecified atom stereocenters. The van der Waals surface area contributed by atoms with Crippen molar-refractivity contribution in [2.75, 3.05) is 13.1 Å². The summed E-state index contributed by atoms with van der Waals surface area (Å²) in [4.78, 5) is 16.9. The van der Waals surface area contributed by atoms with E-state index >= 15 is 0 Å². The second kappa shape index (κ2) is 3.75. The minimum atomic E-state index is -0.895. The van der Waals surface area contributed by atoms with Gasteiger partial charge in [-0.15, -0.1) is 0 Å². The summed E-state index contributed by atoms with van der Waals surface area (Å²) < 4.78 is 0. The van der Waals surface area contributed by atoms with Crippen LogP contribution >= 0.6 is 0 Å². The zero-order chi connectivity index (χ0) is 9.97. The first-order valence-corrected chi connectivity index (χ1v) is 4.66. The minimum absolute atomic E-state index is 0.319. The van der Waals surface area contributed by atoms with Gasteiger partial charge in [-0.1, -0.05) is 0 Å². The first-order valence-electron chi connectivity index (χ1n) is 4.66. The number of hydrogen-bond acceptors (Lipinski definition) is 3. The fraction of sp³-hybridized carbons (Fsp3) is 0.400. The molecule has 0 saturated carbocycles. The summed E-state index contributed by atoms with van der Waals surface area (Å²) in [5, 5.41) is 8.91. The molecule has 1 aliphatic heterocycles. The average Bonchev–Trinajstić information content (AvgIpc) is 2.12. The fourth-order valence-electron chi connectivity index (χ4n) is 1.53. The highest BCUT2D eigenvalue weighted by Gasteiger charge is 2.17. The first-order chi connectivity index (χ1) is 6.77. The van der Waals surface area contributed by atoms with Gasteiger partial charge in [-0.05, 0) is 31.1 Å². The van der Waals surface area contributed by atoms with Crippen molar-refractivity contribution in [3.05, 3.63) is 29.6 Å². The van der Waals surface area contributed by atoms with Crippen LogP contribution in [0.25, 0.3) is 0 Å². The molecule has 14 heavy (non-hydrogen) atoms. The molecule has 1 N–H and O–H groups in total. The number of carboxylic acids is 1. The number of aromatic carboxylic acids is 1.